The summed E-state index contributed by atoms with van der Waals surface area (Å²) >= 11 is 0. The van der Waals surface area contributed by atoms with Crippen LogP contribution in [0.2, 0.25) is 0 Å². The number of carbonyl (C=O) groups excluding carboxylic acids is 2. The van der Waals surface area contributed by atoms with Crippen LogP contribution in [-0.2, 0) is 20.9 Å². The highest BCUT2D eigenvalue weighted by atomic mass is 16.5. The maximum absolute atomic E-state index is 12.5. The zero-order chi connectivity index (χ0) is 18.2. The number of amides is 2. The first kappa shape index (κ1) is 18.8. The average Bonchev–Trinajstić information content (AvgIpc) is 2.69. The number of ether oxygens (including phenoxy) is 1. The molecule has 2 fully saturated rings. The van der Waals surface area contributed by atoms with Crippen molar-refractivity contribution in [3.63, 3.8) is 0 Å². The second-order valence-corrected chi connectivity index (χ2v) is 6.96. The minimum absolute atomic E-state index is 0.0347. The molecule has 2 amide bonds. The number of hydrogen-bond acceptors (Lipinski definition) is 5. The Balaban J connectivity index is 1.41. The van der Waals surface area contributed by atoms with E-state index in [1.165, 1.54) is 0 Å². The van der Waals surface area contributed by atoms with Crippen molar-refractivity contribution in [2.75, 3.05) is 45.9 Å². The lowest BCUT2D eigenvalue weighted by Gasteiger charge is -2.33. The number of nitrogens with one attached hydrogen (secondary N) is 1. The van der Waals surface area contributed by atoms with Crippen LogP contribution in [0.3, 0.4) is 0 Å². The third-order valence-electron chi connectivity index (χ3n) is 5.09. The summed E-state index contributed by atoms with van der Waals surface area (Å²) in [6, 6.07) is 3.78. The van der Waals surface area contributed by atoms with Crippen molar-refractivity contribution < 1.29 is 14.3 Å². The number of aromatic nitrogens is 1. The summed E-state index contributed by atoms with van der Waals surface area (Å²) in [5, 5.41) is 2.99. The summed E-state index contributed by atoms with van der Waals surface area (Å²) in [6.07, 6.45) is 5.48. The molecule has 26 heavy (non-hydrogen) atoms. The van der Waals surface area contributed by atoms with E-state index in [1.54, 1.807) is 12.4 Å². The van der Waals surface area contributed by atoms with Gasteiger partial charge in [-0.15, -0.1) is 0 Å². The average molecular weight is 360 g/mol. The van der Waals surface area contributed by atoms with Crippen molar-refractivity contribution in [2.45, 2.75) is 25.8 Å². The van der Waals surface area contributed by atoms with Crippen LogP contribution < -0.4 is 5.32 Å². The molecule has 1 atom stereocenters. The first-order chi connectivity index (χ1) is 12.7. The molecule has 2 aliphatic rings. The van der Waals surface area contributed by atoms with E-state index >= 15 is 0 Å². The highest BCUT2D eigenvalue weighted by molar-refractivity contribution is 5.83. The molecule has 0 saturated carbocycles. The summed E-state index contributed by atoms with van der Waals surface area (Å²) in [4.78, 5) is 32.8. The normalized spacial score (nSPS) is 21.6. The van der Waals surface area contributed by atoms with Crippen molar-refractivity contribution in [2.24, 2.45) is 5.92 Å². The molecule has 0 aromatic carbocycles. The maximum Gasteiger partial charge on any atom is 0.225 e. The molecule has 142 valence electrons. The molecule has 1 aromatic heterocycles. The molecule has 1 aromatic rings. The lowest BCUT2D eigenvalue weighted by atomic mass is 9.96. The monoisotopic (exact) mass is 360 g/mol. The van der Waals surface area contributed by atoms with Crippen LogP contribution in [0.4, 0.5) is 0 Å². The van der Waals surface area contributed by atoms with Gasteiger partial charge in [0.05, 0.1) is 19.1 Å². The molecule has 0 spiro atoms. The number of nitrogens with zero attached hydrogens (tertiary/aromatic N) is 3. The number of carbonyl (C=O) groups is 2. The zero-order valence-corrected chi connectivity index (χ0v) is 15.2. The molecule has 1 unspecified atom stereocenters. The Hall–Kier alpha value is -1.99. The Labute approximate surface area is 154 Å². The van der Waals surface area contributed by atoms with Gasteiger partial charge in [0.25, 0.3) is 0 Å². The van der Waals surface area contributed by atoms with Gasteiger partial charge >= 0.3 is 0 Å². The third kappa shape index (κ3) is 5.51. The molecule has 3 rings (SSSR count). The highest BCUT2D eigenvalue weighted by Crippen LogP contribution is 2.18. The van der Waals surface area contributed by atoms with E-state index in [9.17, 15) is 9.59 Å². The molecule has 0 aliphatic carbocycles. The van der Waals surface area contributed by atoms with E-state index in [1.807, 2.05) is 17.0 Å². The highest BCUT2D eigenvalue weighted by Gasteiger charge is 2.29. The molecular formula is C19H28N4O3. The Morgan fingerprint density at radius 2 is 2.00 bits per heavy atom. The number of pyridine rings is 1. The molecular weight excluding hydrogens is 332 g/mol. The zero-order valence-electron chi connectivity index (χ0n) is 15.2. The minimum atomic E-state index is -0.113. The molecule has 0 bridgehead atoms. The van der Waals surface area contributed by atoms with Crippen molar-refractivity contribution in [3.8, 4) is 0 Å². The fraction of sp³-hybridized carbons (Fsp3) is 0.632. The van der Waals surface area contributed by atoms with E-state index in [-0.39, 0.29) is 17.7 Å². The van der Waals surface area contributed by atoms with Crippen LogP contribution >= 0.6 is 0 Å². The van der Waals surface area contributed by atoms with Gasteiger partial charge in [0.1, 0.15) is 0 Å². The topological polar surface area (TPSA) is 74.8 Å². The van der Waals surface area contributed by atoms with Crippen LogP contribution in [0.5, 0.6) is 0 Å². The van der Waals surface area contributed by atoms with Gasteiger partial charge in [-0.1, -0.05) is 0 Å². The molecule has 2 aliphatic heterocycles. The first-order valence-corrected chi connectivity index (χ1v) is 9.47. The largest absolute Gasteiger partial charge is 0.379 e. The number of hydrogen-bond donors (Lipinski definition) is 1. The fourth-order valence-electron chi connectivity index (χ4n) is 3.49. The molecule has 3 heterocycles. The summed E-state index contributed by atoms with van der Waals surface area (Å²) in [7, 11) is 0. The predicted molar refractivity (Wildman–Crippen MR) is 97.3 cm³/mol. The van der Waals surface area contributed by atoms with Gasteiger partial charge in [0, 0.05) is 58.1 Å². The van der Waals surface area contributed by atoms with Crippen molar-refractivity contribution in [1.82, 2.24) is 20.1 Å². The number of rotatable bonds is 7. The summed E-state index contributed by atoms with van der Waals surface area (Å²) in [5.74, 6) is 0.0931. The second kappa shape index (κ2) is 9.64. The van der Waals surface area contributed by atoms with Crippen LogP contribution in [0.15, 0.2) is 24.5 Å². The molecule has 0 radical (unpaired) electrons. The van der Waals surface area contributed by atoms with Gasteiger partial charge < -0.3 is 15.0 Å². The summed E-state index contributed by atoms with van der Waals surface area (Å²) in [5.41, 5.74) is 1.03. The Morgan fingerprint density at radius 1 is 1.23 bits per heavy atom. The lowest BCUT2D eigenvalue weighted by molar-refractivity contribution is -0.138. The van der Waals surface area contributed by atoms with Crippen molar-refractivity contribution >= 4 is 11.8 Å². The lowest BCUT2D eigenvalue weighted by Crippen LogP contribution is -2.46. The fourth-order valence-corrected chi connectivity index (χ4v) is 3.49. The van der Waals surface area contributed by atoms with Gasteiger partial charge in [-0.25, -0.2) is 0 Å². The smallest absolute Gasteiger partial charge is 0.225 e. The first-order valence-electron chi connectivity index (χ1n) is 9.47. The standard InChI is InChI=1S/C19H28N4O3/c24-18-3-2-17(19(25)21-14-16-4-6-20-7-5-16)15-23(18)9-1-8-22-10-12-26-13-11-22/h4-7,17H,1-3,8-15H2,(H,21,25). The minimum Gasteiger partial charge on any atom is -0.379 e. The Morgan fingerprint density at radius 3 is 2.77 bits per heavy atom. The van der Waals surface area contributed by atoms with E-state index in [0.717, 1.165) is 51.4 Å². The van der Waals surface area contributed by atoms with Gasteiger partial charge in [-0.05, 0) is 30.5 Å². The van der Waals surface area contributed by atoms with Crippen LogP contribution in [-0.4, -0.2) is 72.5 Å². The Bertz CT molecular complexity index is 590. The maximum atomic E-state index is 12.5. The Kier molecular flexibility index (Phi) is 6.96. The number of morpholine rings is 1. The van der Waals surface area contributed by atoms with E-state index < -0.39 is 0 Å². The third-order valence-corrected chi connectivity index (χ3v) is 5.09. The van der Waals surface area contributed by atoms with Crippen molar-refractivity contribution in [3.05, 3.63) is 30.1 Å². The van der Waals surface area contributed by atoms with Crippen LogP contribution in [0, 0.1) is 5.92 Å². The quantitative estimate of drug-likeness (QED) is 0.773. The number of piperidine rings is 1. The van der Waals surface area contributed by atoms with Gasteiger partial charge in [0.15, 0.2) is 0 Å². The molecule has 7 heteroatoms. The second-order valence-electron chi connectivity index (χ2n) is 6.96. The summed E-state index contributed by atoms with van der Waals surface area (Å²) < 4.78 is 5.35. The molecule has 1 N–H and O–H groups in total. The predicted octanol–water partition coefficient (Wildman–Crippen LogP) is 0.659. The van der Waals surface area contributed by atoms with E-state index in [2.05, 4.69) is 15.2 Å². The van der Waals surface area contributed by atoms with Crippen LogP contribution in [0.25, 0.3) is 0 Å². The SMILES string of the molecule is O=C(NCc1ccncc1)C1CCC(=O)N(CCCN2CCOCC2)C1. The van der Waals surface area contributed by atoms with Crippen molar-refractivity contribution in [1.29, 1.82) is 0 Å². The van der Waals surface area contributed by atoms with Crippen LogP contribution in [0.1, 0.15) is 24.8 Å². The number of likely N-dealkylation sites (tertiary alicyclic amines) is 1. The van der Waals surface area contributed by atoms with E-state index in [0.29, 0.717) is 25.9 Å². The van der Waals surface area contributed by atoms with Gasteiger partial charge in [-0.3, -0.25) is 19.5 Å². The van der Waals surface area contributed by atoms with Gasteiger partial charge in [0.2, 0.25) is 11.8 Å². The molecule has 7 nitrogen and oxygen atoms in total. The van der Waals surface area contributed by atoms with Gasteiger partial charge in [-0.2, -0.15) is 0 Å². The van der Waals surface area contributed by atoms with E-state index in [4.69, 9.17) is 4.74 Å². The molecule has 2 saturated heterocycles. The summed E-state index contributed by atoms with van der Waals surface area (Å²) in [6.45, 7) is 6.26.